The summed E-state index contributed by atoms with van der Waals surface area (Å²) in [6.45, 7) is 4.11. The summed E-state index contributed by atoms with van der Waals surface area (Å²) in [6.07, 6.45) is 2.28. The molecule has 1 heterocycles. The second-order valence-electron chi connectivity index (χ2n) is 4.17. The van der Waals surface area contributed by atoms with Crippen molar-refractivity contribution >= 4 is 15.9 Å². The number of hydrogen-bond acceptors (Lipinski definition) is 1. The first kappa shape index (κ1) is 9.97. The Morgan fingerprint density at radius 3 is 2.57 bits per heavy atom. The predicted octanol–water partition coefficient (Wildman–Crippen LogP) is 3.07. The van der Waals surface area contributed by atoms with E-state index in [9.17, 15) is 4.79 Å². The lowest BCUT2D eigenvalue weighted by atomic mass is 10.1. The standard InChI is InChI=1S/C11H14BrNO/c1-7(2)9-5-6-10(12)13(11(9)14)8-3-4-8/h5-8H,3-4H2,1-2H3. The van der Waals surface area contributed by atoms with Crippen LogP contribution in [0.3, 0.4) is 0 Å². The maximum absolute atomic E-state index is 12.0. The molecular weight excluding hydrogens is 242 g/mol. The van der Waals surface area contributed by atoms with E-state index < -0.39 is 0 Å². The highest BCUT2D eigenvalue weighted by molar-refractivity contribution is 9.10. The molecule has 0 atom stereocenters. The first-order valence-corrected chi connectivity index (χ1v) is 5.81. The van der Waals surface area contributed by atoms with Gasteiger partial charge in [-0.15, -0.1) is 0 Å². The van der Waals surface area contributed by atoms with Crippen LogP contribution in [-0.2, 0) is 0 Å². The lowest BCUT2D eigenvalue weighted by Gasteiger charge is -2.11. The van der Waals surface area contributed by atoms with E-state index in [0.717, 1.165) is 23.0 Å². The van der Waals surface area contributed by atoms with Gasteiger partial charge in [0, 0.05) is 11.6 Å². The smallest absolute Gasteiger partial charge is 0.255 e. The van der Waals surface area contributed by atoms with Crippen molar-refractivity contribution < 1.29 is 0 Å². The van der Waals surface area contributed by atoms with Gasteiger partial charge < -0.3 is 0 Å². The Labute approximate surface area is 92.1 Å². The first-order chi connectivity index (χ1) is 6.61. The lowest BCUT2D eigenvalue weighted by molar-refractivity contribution is 0.668. The zero-order valence-electron chi connectivity index (χ0n) is 8.46. The summed E-state index contributed by atoms with van der Waals surface area (Å²) in [7, 11) is 0. The van der Waals surface area contributed by atoms with Crippen LogP contribution in [0.4, 0.5) is 0 Å². The third-order valence-electron chi connectivity index (χ3n) is 2.63. The average molecular weight is 256 g/mol. The quantitative estimate of drug-likeness (QED) is 0.745. The van der Waals surface area contributed by atoms with Gasteiger partial charge in [0.2, 0.25) is 0 Å². The van der Waals surface area contributed by atoms with Crippen molar-refractivity contribution in [3.8, 4) is 0 Å². The minimum Gasteiger partial charge on any atom is -0.299 e. The van der Waals surface area contributed by atoms with Crippen LogP contribution in [0.5, 0.6) is 0 Å². The minimum absolute atomic E-state index is 0.178. The van der Waals surface area contributed by atoms with E-state index in [1.54, 1.807) is 0 Å². The van der Waals surface area contributed by atoms with Gasteiger partial charge in [0.15, 0.2) is 0 Å². The maximum atomic E-state index is 12.0. The van der Waals surface area contributed by atoms with E-state index >= 15 is 0 Å². The monoisotopic (exact) mass is 255 g/mol. The van der Waals surface area contributed by atoms with E-state index in [-0.39, 0.29) is 5.56 Å². The van der Waals surface area contributed by atoms with Crippen LogP contribution in [0.1, 0.15) is 44.2 Å². The second-order valence-corrected chi connectivity index (χ2v) is 4.98. The Morgan fingerprint density at radius 2 is 2.07 bits per heavy atom. The largest absolute Gasteiger partial charge is 0.299 e. The third-order valence-corrected chi connectivity index (χ3v) is 3.28. The zero-order chi connectivity index (χ0) is 10.3. The lowest BCUT2D eigenvalue weighted by Crippen LogP contribution is -2.24. The van der Waals surface area contributed by atoms with Gasteiger partial charge in [-0.3, -0.25) is 9.36 Å². The molecule has 0 unspecified atom stereocenters. The fourth-order valence-electron chi connectivity index (χ4n) is 1.66. The number of pyridine rings is 1. The molecule has 76 valence electrons. The molecule has 0 amide bonds. The Kier molecular flexibility index (Phi) is 2.52. The number of nitrogens with zero attached hydrogens (tertiary/aromatic N) is 1. The highest BCUT2D eigenvalue weighted by Crippen LogP contribution is 2.36. The molecule has 0 bridgehead atoms. The van der Waals surface area contributed by atoms with Gasteiger partial charge in [-0.05, 0) is 40.8 Å². The third kappa shape index (κ3) is 1.65. The summed E-state index contributed by atoms with van der Waals surface area (Å²) in [4.78, 5) is 12.0. The summed E-state index contributed by atoms with van der Waals surface area (Å²) in [6, 6.07) is 4.35. The maximum Gasteiger partial charge on any atom is 0.255 e. The molecule has 2 nitrogen and oxygen atoms in total. The molecule has 2 rings (SSSR count). The molecule has 3 heteroatoms. The SMILES string of the molecule is CC(C)c1ccc(Br)n(C2CC2)c1=O. The van der Waals surface area contributed by atoms with Gasteiger partial charge in [-0.25, -0.2) is 0 Å². The second kappa shape index (κ2) is 3.54. The van der Waals surface area contributed by atoms with Crippen molar-refractivity contribution in [1.29, 1.82) is 0 Å². The van der Waals surface area contributed by atoms with Gasteiger partial charge in [-0.2, -0.15) is 0 Å². The van der Waals surface area contributed by atoms with Gasteiger partial charge in [-0.1, -0.05) is 19.9 Å². The van der Waals surface area contributed by atoms with Crippen LogP contribution in [0, 0.1) is 0 Å². The highest BCUT2D eigenvalue weighted by Gasteiger charge is 2.27. The molecule has 0 saturated heterocycles. The zero-order valence-corrected chi connectivity index (χ0v) is 10.0. The van der Waals surface area contributed by atoms with Crippen LogP contribution < -0.4 is 5.56 Å². The fraction of sp³-hybridized carbons (Fsp3) is 0.545. The van der Waals surface area contributed by atoms with Crippen molar-refractivity contribution in [3.63, 3.8) is 0 Å². The molecule has 14 heavy (non-hydrogen) atoms. The summed E-state index contributed by atoms with van der Waals surface area (Å²) < 4.78 is 2.80. The molecule has 0 spiro atoms. The molecule has 0 N–H and O–H groups in total. The van der Waals surface area contributed by atoms with E-state index in [0.29, 0.717) is 12.0 Å². The molecule has 0 aliphatic heterocycles. The van der Waals surface area contributed by atoms with Crippen LogP contribution in [0.15, 0.2) is 21.5 Å². The van der Waals surface area contributed by atoms with Crippen molar-refractivity contribution in [2.45, 2.75) is 38.6 Å². The predicted molar refractivity (Wildman–Crippen MR) is 60.8 cm³/mol. The van der Waals surface area contributed by atoms with E-state index in [1.165, 1.54) is 0 Å². The molecule has 1 fully saturated rings. The van der Waals surface area contributed by atoms with Gasteiger partial charge >= 0.3 is 0 Å². The summed E-state index contributed by atoms with van der Waals surface area (Å²) in [5.74, 6) is 0.306. The molecule has 0 aromatic carbocycles. The molecule has 0 radical (unpaired) electrons. The molecule has 1 aliphatic rings. The summed E-state index contributed by atoms with van der Waals surface area (Å²) >= 11 is 3.43. The van der Waals surface area contributed by atoms with Gasteiger partial charge in [0.05, 0.1) is 4.60 Å². The van der Waals surface area contributed by atoms with Crippen molar-refractivity contribution in [1.82, 2.24) is 4.57 Å². The van der Waals surface area contributed by atoms with E-state index in [1.807, 2.05) is 16.7 Å². The molecule has 1 saturated carbocycles. The van der Waals surface area contributed by atoms with E-state index in [4.69, 9.17) is 0 Å². The molecule has 1 aromatic heterocycles. The van der Waals surface area contributed by atoms with Crippen LogP contribution in [0.25, 0.3) is 0 Å². The molecular formula is C11H14BrNO. The van der Waals surface area contributed by atoms with Crippen LogP contribution >= 0.6 is 15.9 Å². The number of rotatable bonds is 2. The molecule has 1 aliphatic carbocycles. The van der Waals surface area contributed by atoms with Crippen LogP contribution in [-0.4, -0.2) is 4.57 Å². The molecule has 1 aromatic rings. The first-order valence-electron chi connectivity index (χ1n) is 5.02. The van der Waals surface area contributed by atoms with Crippen molar-refractivity contribution in [2.24, 2.45) is 0 Å². The van der Waals surface area contributed by atoms with E-state index in [2.05, 4.69) is 29.8 Å². The van der Waals surface area contributed by atoms with Crippen LogP contribution in [0.2, 0.25) is 0 Å². The van der Waals surface area contributed by atoms with Crippen molar-refractivity contribution in [2.75, 3.05) is 0 Å². The highest BCUT2D eigenvalue weighted by atomic mass is 79.9. The Morgan fingerprint density at radius 1 is 1.43 bits per heavy atom. The minimum atomic E-state index is 0.178. The summed E-state index contributed by atoms with van der Waals surface area (Å²) in [5, 5.41) is 0. The fourth-order valence-corrected chi connectivity index (χ4v) is 2.24. The number of halogens is 1. The topological polar surface area (TPSA) is 22.0 Å². The number of hydrogen-bond donors (Lipinski definition) is 0. The number of aromatic nitrogens is 1. The van der Waals surface area contributed by atoms with Gasteiger partial charge in [0.1, 0.15) is 0 Å². The summed E-state index contributed by atoms with van der Waals surface area (Å²) in [5.41, 5.74) is 1.09. The Hall–Kier alpha value is -0.570. The normalized spacial score (nSPS) is 16.3. The Bertz CT molecular complexity index is 404. The Balaban J connectivity index is 2.57. The van der Waals surface area contributed by atoms with Crippen molar-refractivity contribution in [3.05, 3.63) is 32.7 Å². The average Bonchev–Trinajstić information content (AvgIpc) is 2.87. The van der Waals surface area contributed by atoms with Gasteiger partial charge in [0.25, 0.3) is 5.56 Å².